The van der Waals surface area contributed by atoms with Gasteiger partial charge in [0.15, 0.2) is 0 Å². The van der Waals surface area contributed by atoms with E-state index in [-0.39, 0.29) is 11.9 Å². The third kappa shape index (κ3) is 3.57. The van der Waals surface area contributed by atoms with Crippen molar-refractivity contribution >= 4 is 21.8 Å². The number of aromatic nitrogens is 1. The predicted molar refractivity (Wildman–Crippen MR) is 78.7 cm³/mol. The highest BCUT2D eigenvalue weighted by Gasteiger charge is 2.25. The predicted octanol–water partition coefficient (Wildman–Crippen LogP) is 3.25. The van der Waals surface area contributed by atoms with E-state index in [1.54, 1.807) is 18.5 Å². The second-order valence-electron chi connectivity index (χ2n) is 4.82. The van der Waals surface area contributed by atoms with Gasteiger partial charge in [0.05, 0.1) is 12.1 Å². The van der Waals surface area contributed by atoms with E-state index in [4.69, 9.17) is 6.42 Å². The van der Waals surface area contributed by atoms with Gasteiger partial charge in [-0.3, -0.25) is 9.78 Å². The maximum absolute atomic E-state index is 12.6. The van der Waals surface area contributed by atoms with Gasteiger partial charge < -0.3 is 4.90 Å². The normalized spacial score (nSPS) is 15.8. The quantitative estimate of drug-likeness (QED) is 0.801. The van der Waals surface area contributed by atoms with E-state index in [0.29, 0.717) is 12.1 Å². The zero-order valence-corrected chi connectivity index (χ0v) is 12.4. The Morgan fingerprint density at radius 2 is 2.16 bits per heavy atom. The van der Waals surface area contributed by atoms with Gasteiger partial charge in [-0.2, -0.15) is 0 Å². The van der Waals surface area contributed by atoms with E-state index in [1.807, 2.05) is 4.90 Å². The molecule has 0 bridgehead atoms. The Balaban J connectivity index is 2.18. The maximum atomic E-state index is 12.6. The minimum atomic E-state index is -0.0151. The van der Waals surface area contributed by atoms with Crippen molar-refractivity contribution in [2.24, 2.45) is 0 Å². The van der Waals surface area contributed by atoms with Crippen LogP contribution in [0.3, 0.4) is 0 Å². The van der Waals surface area contributed by atoms with Crippen molar-refractivity contribution in [3.8, 4) is 12.3 Å². The molecule has 19 heavy (non-hydrogen) atoms. The first kappa shape index (κ1) is 14.1. The smallest absolute Gasteiger partial charge is 0.256 e. The van der Waals surface area contributed by atoms with Gasteiger partial charge in [-0.25, -0.2) is 0 Å². The Bertz CT molecular complexity index is 489. The molecule has 1 aromatic heterocycles. The number of amides is 1. The van der Waals surface area contributed by atoms with Crippen LogP contribution in [0.15, 0.2) is 22.9 Å². The number of hydrogen-bond acceptors (Lipinski definition) is 2. The van der Waals surface area contributed by atoms with E-state index >= 15 is 0 Å². The molecule has 1 fully saturated rings. The summed E-state index contributed by atoms with van der Waals surface area (Å²) in [7, 11) is 0. The lowest BCUT2D eigenvalue weighted by atomic mass is 9.94. The number of rotatable bonds is 3. The molecule has 1 aromatic rings. The molecule has 0 radical (unpaired) electrons. The van der Waals surface area contributed by atoms with Crippen LogP contribution < -0.4 is 0 Å². The van der Waals surface area contributed by atoms with Crippen LogP contribution in [0.2, 0.25) is 0 Å². The molecule has 1 saturated carbocycles. The Labute approximate surface area is 122 Å². The second kappa shape index (κ2) is 6.72. The molecule has 0 N–H and O–H groups in total. The molecular weight excluding hydrogens is 304 g/mol. The summed E-state index contributed by atoms with van der Waals surface area (Å²) in [6, 6.07) is 2.07. The van der Waals surface area contributed by atoms with Crippen LogP contribution >= 0.6 is 15.9 Å². The molecule has 1 aliphatic carbocycles. The van der Waals surface area contributed by atoms with Crippen LogP contribution in [-0.2, 0) is 0 Å². The van der Waals surface area contributed by atoms with Gasteiger partial charge in [0.1, 0.15) is 0 Å². The monoisotopic (exact) mass is 320 g/mol. The standard InChI is InChI=1S/C15H17BrN2O/c1-2-8-18(14-6-4-3-5-7-14)15(19)12-9-13(16)11-17-10-12/h1,9-11,14H,3-8H2. The Kier molecular flexibility index (Phi) is 4.98. The summed E-state index contributed by atoms with van der Waals surface area (Å²) in [6.45, 7) is 0.371. The molecule has 0 spiro atoms. The largest absolute Gasteiger partial charge is 0.324 e. The number of pyridine rings is 1. The van der Waals surface area contributed by atoms with Crippen LogP contribution in [0.4, 0.5) is 0 Å². The fourth-order valence-electron chi connectivity index (χ4n) is 2.55. The van der Waals surface area contributed by atoms with Gasteiger partial charge in [0.2, 0.25) is 0 Å². The summed E-state index contributed by atoms with van der Waals surface area (Å²) in [5.41, 5.74) is 0.593. The number of terminal acetylenes is 1. The highest BCUT2D eigenvalue weighted by molar-refractivity contribution is 9.10. The number of hydrogen-bond donors (Lipinski definition) is 0. The fourth-order valence-corrected chi connectivity index (χ4v) is 2.92. The molecular formula is C15H17BrN2O. The minimum absolute atomic E-state index is 0.0151. The van der Waals surface area contributed by atoms with Crippen LogP contribution in [-0.4, -0.2) is 28.4 Å². The molecule has 0 saturated heterocycles. The summed E-state index contributed by atoms with van der Waals surface area (Å²) >= 11 is 3.34. The zero-order valence-electron chi connectivity index (χ0n) is 10.8. The van der Waals surface area contributed by atoms with E-state index in [9.17, 15) is 4.79 Å². The van der Waals surface area contributed by atoms with Gasteiger partial charge in [0.25, 0.3) is 5.91 Å². The van der Waals surface area contributed by atoms with Crippen LogP contribution in [0.25, 0.3) is 0 Å². The van der Waals surface area contributed by atoms with Crippen molar-refractivity contribution in [3.63, 3.8) is 0 Å². The average Bonchev–Trinajstić information content (AvgIpc) is 2.45. The Morgan fingerprint density at radius 3 is 2.79 bits per heavy atom. The SMILES string of the molecule is C#CCN(C(=O)c1cncc(Br)c1)C1CCCCC1. The maximum Gasteiger partial charge on any atom is 0.256 e. The first-order chi connectivity index (χ1) is 9.22. The van der Waals surface area contributed by atoms with E-state index < -0.39 is 0 Å². The van der Waals surface area contributed by atoms with E-state index in [1.165, 1.54) is 19.3 Å². The Hall–Kier alpha value is -1.34. The summed E-state index contributed by atoms with van der Waals surface area (Å²) in [6.07, 6.45) is 14.4. The van der Waals surface area contributed by atoms with Crippen LogP contribution in [0.5, 0.6) is 0 Å². The van der Waals surface area contributed by atoms with Gasteiger partial charge in [-0.1, -0.05) is 25.2 Å². The van der Waals surface area contributed by atoms with Crippen molar-refractivity contribution < 1.29 is 4.79 Å². The topological polar surface area (TPSA) is 33.2 Å². The molecule has 3 nitrogen and oxygen atoms in total. The van der Waals surface area contributed by atoms with Gasteiger partial charge in [-0.15, -0.1) is 6.42 Å². The number of carbonyl (C=O) groups excluding carboxylic acids is 1. The lowest BCUT2D eigenvalue weighted by molar-refractivity contribution is 0.0667. The van der Waals surface area contributed by atoms with Crippen molar-refractivity contribution in [1.29, 1.82) is 0 Å². The zero-order chi connectivity index (χ0) is 13.7. The first-order valence-corrected chi connectivity index (χ1v) is 7.36. The van der Waals surface area contributed by atoms with Gasteiger partial charge in [-0.05, 0) is 34.8 Å². The minimum Gasteiger partial charge on any atom is -0.324 e. The number of carbonyl (C=O) groups is 1. The second-order valence-corrected chi connectivity index (χ2v) is 5.74. The van der Waals surface area contributed by atoms with E-state index in [2.05, 4.69) is 26.8 Å². The molecule has 0 atom stereocenters. The van der Waals surface area contributed by atoms with Crippen LogP contribution in [0, 0.1) is 12.3 Å². The van der Waals surface area contributed by atoms with Gasteiger partial charge >= 0.3 is 0 Å². The molecule has 1 aliphatic rings. The number of nitrogens with zero attached hydrogens (tertiary/aromatic N) is 2. The Morgan fingerprint density at radius 1 is 1.42 bits per heavy atom. The number of halogens is 1. The van der Waals surface area contributed by atoms with Crippen molar-refractivity contribution in [3.05, 3.63) is 28.5 Å². The lowest BCUT2D eigenvalue weighted by Crippen LogP contribution is -2.41. The summed E-state index contributed by atoms with van der Waals surface area (Å²) in [4.78, 5) is 18.4. The molecule has 0 aliphatic heterocycles. The van der Waals surface area contributed by atoms with E-state index in [0.717, 1.165) is 17.3 Å². The highest BCUT2D eigenvalue weighted by Crippen LogP contribution is 2.24. The first-order valence-electron chi connectivity index (χ1n) is 6.57. The van der Waals surface area contributed by atoms with Crippen molar-refractivity contribution in [1.82, 2.24) is 9.88 Å². The third-order valence-corrected chi connectivity index (χ3v) is 3.92. The summed E-state index contributed by atoms with van der Waals surface area (Å²) < 4.78 is 0.808. The fraction of sp³-hybridized carbons (Fsp3) is 0.467. The van der Waals surface area contributed by atoms with Crippen LogP contribution in [0.1, 0.15) is 42.5 Å². The molecule has 100 valence electrons. The average molecular weight is 321 g/mol. The molecule has 0 unspecified atom stereocenters. The molecule has 4 heteroatoms. The van der Waals surface area contributed by atoms with Crippen molar-refractivity contribution in [2.45, 2.75) is 38.1 Å². The molecule has 0 aromatic carbocycles. The molecule has 2 rings (SSSR count). The lowest BCUT2D eigenvalue weighted by Gasteiger charge is -2.33. The highest BCUT2D eigenvalue weighted by atomic mass is 79.9. The van der Waals surface area contributed by atoms with Crippen molar-refractivity contribution in [2.75, 3.05) is 6.54 Å². The molecule has 1 amide bonds. The summed E-state index contributed by atoms with van der Waals surface area (Å²) in [5.74, 6) is 2.59. The van der Waals surface area contributed by atoms with Gasteiger partial charge in [0, 0.05) is 22.9 Å². The summed E-state index contributed by atoms with van der Waals surface area (Å²) in [5, 5.41) is 0. The third-order valence-electron chi connectivity index (χ3n) is 3.49. The molecule has 1 heterocycles.